The van der Waals surface area contributed by atoms with Crippen LogP contribution in [0, 0.1) is 0 Å². The van der Waals surface area contributed by atoms with Crippen LogP contribution in [0.25, 0.3) is 0 Å². The second kappa shape index (κ2) is 11.2. The van der Waals surface area contributed by atoms with Crippen molar-refractivity contribution in [3.05, 3.63) is 0 Å². The van der Waals surface area contributed by atoms with Gasteiger partial charge in [-0.05, 0) is 0 Å². The van der Waals surface area contributed by atoms with E-state index in [0.29, 0.717) is 0 Å². The quantitative estimate of drug-likeness (QED) is 0.320. The number of carbonyl (C=O) groups is 1. The van der Waals surface area contributed by atoms with Gasteiger partial charge in [-0.1, -0.05) is 0 Å². The third-order valence-electron chi connectivity index (χ3n) is 0.201. The van der Waals surface area contributed by atoms with Crippen LogP contribution in [0.15, 0.2) is 0 Å². The summed E-state index contributed by atoms with van der Waals surface area (Å²) in [5.74, 6) is -0.248. The molecule has 1 N–H and O–H groups in total. The third-order valence-corrected chi connectivity index (χ3v) is 0.602. The molecule has 0 aromatic rings. The zero-order chi connectivity index (χ0) is 4.99. The second-order valence-corrected chi connectivity index (χ2v) is 1.24. The fourth-order valence-electron chi connectivity index (χ4n) is 0.117. The Labute approximate surface area is 95.5 Å². The van der Waals surface area contributed by atoms with E-state index in [1.807, 2.05) is 0 Å². The third kappa shape index (κ3) is 15.7. The molecule has 0 fully saturated rings. The Kier molecular flexibility index (Phi) is 22.8. The molecule has 0 aliphatic carbocycles. The SMILES string of the molecule is CSOC(C)=O.[K+].[OH-]. The fourth-order valence-corrected chi connectivity index (χ4v) is 0.352. The van der Waals surface area contributed by atoms with Crippen molar-refractivity contribution in [2.24, 2.45) is 0 Å². The van der Waals surface area contributed by atoms with Crippen molar-refractivity contribution in [2.75, 3.05) is 6.26 Å². The van der Waals surface area contributed by atoms with Crippen LogP contribution in [0.2, 0.25) is 0 Å². The van der Waals surface area contributed by atoms with Gasteiger partial charge in [0, 0.05) is 13.2 Å². The van der Waals surface area contributed by atoms with Gasteiger partial charge >= 0.3 is 57.4 Å². The van der Waals surface area contributed by atoms with Crippen molar-refractivity contribution in [2.45, 2.75) is 6.92 Å². The Morgan fingerprint density at radius 2 is 2.00 bits per heavy atom. The molecule has 8 heavy (non-hydrogen) atoms. The van der Waals surface area contributed by atoms with Gasteiger partial charge in [-0.15, -0.1) is 0 Å². The first kappa shape index (κ1) is 16.2. The molecular formula is C3H7KO3S. The van der Waals surface area contributed by atoms with E-state index >= 15 is 0 Å². The molecule has 0 aromatic heterocycles. The summed E-state index contributed by atoms with van der Waals surface area (Å²) in [5, 5.41) is 0. The number of hydrogen-bond acceptors (Lipinski definition) is 4. The molecule has 0 amide bonds. The molecule has 0 aliphatic rings. The second-order valence-electron chi connectivity index (χ2n) is 0.742. The van der Waals surface area contributed by atoms with Crippen molar-refractivity contribution < 1.29 is 65.8 Å². The minimum atomic E-state index is -0.248. The topological polar surface area (TPSA) is 56.3 Å². The van der Waals surface area contributed by atoms with Crippen molar-refractivity contribution in [3.63, 3.8) is 0 Å². The minimum absolute atomic E-state index is 0. The fraction of sp³-hybridized carbons (Fsp3) is 0.667. The molecule has 0 radical (unpaired) electrons. The Balaban J connectivity index is -0.000000125. The zero-order valence-electron chi connectivity index (χ0n) is 5.17. The molecule has 0 spiro atoms. The normalized spacial score (nSPS) is 5.75. The molecule has 5 heteroatoms. The van der Waals surface area contributed by atoms with Crippen LogP contribution in [0.1, 0.15) is 6.92 Å². The Morgan fingerprint density at radius 3 is 2.00 bits per heavy atom. The van der Waals surface area contributed by atoms with Gasteiger partial charge in [0.2, 0.25) is 0 Å². The standard InChI is InChI=1S/C3H6O2S.K.H2O/c1-3(4)5-6-2;;/h1-2H3;;1H2/q;+1;/p-1. The summed E-state index contributed by atoms with van der Waals surface area (Å²) in [5.41, 5.74) is 0. The van der Waals surface area contributed by atoms with Crippen molar-refractivity contribution >= 4 is 18.0 Å². The van der Waals surface area contributed by atoms with Crippen molar-refractivity contribution in [1.29, 1.82) is 0 Å². The summed E-state index contributed by atoms with van der Waals surface area (Å²) in [7, 11) is 0. The van der Waals surface area contributed by atoms with Gasteiger partial charge in [0.25, 0.3) is 0 Å². The van der Waals surface area contributed by atoms with E-state index in [0.717, 1.165) is 12.0 Å². The molecule has 0 unspecified atom stereocenters. The van der Waals surface area contributed by atoms with Crippen LogP contribution in [0.4, 0.5) is 0 Å². The predicted octanol–water partition coefficient (Wildman–Crippen LogP) is -2.35. The summed E-state index contributed by atoms with van der Waals surface area (Å²) in [6, 6.07) is 0. The Morgan fingerprint density at radius 1 is 1.62 bits per heavy atom. The maximum absolute atomic E-state index is 9.80. The first-order chi connectivity index (χ1) is 2.77. The van der Waals surface area contributed by atoms with Crippen molar-refractivity contribution in [1.82, 2.24) is 0 Å². The van der Waals surface area contributed by atoms with Crippen LogP contribution < -0.4 is 51.4 Å². The molecule has 0 saturated heterocycles. The molecule has 0 atom stereocenters. The molecule has 0 aliphatic heterocycles. The molecule has 3 nitrogen and oxygen atoms in total. The first-order valence-corrected chi connectivity index (χ1v) is 2.63. The van der Waals surface area contributed by atoms with Gasteiger partial charge in [0.15, 0.2) is 0 Å². The van der Waals surface area contributed by atoms with E-state index in [1.54, 1.807) is 6.26 Å². The Bertz CT molecular complexity index is 58.5. The van der Waals surface area contributed by atoms with Gasteiger partial charge in [-0.25, -0.2) is 0 Å². The van der Waals surface area contributed by atoms with Crippen LogP contribution >= 0.6 is 12.0 Å². The van der Waals surface area contributed by atoms with E-state index < -0.39 is 0 Å². The van der Waals surface area contributed by atoms with Gasteiger partial charge < -0.3 is 9.66 Å². The summed E-state index contributed by atoms with van der Waals surface area (Å²) in [4.78, 5) is 9.80. The van der Waals surface area contributed by atoms with Crippen LogP contribution in [0.3, 0.4) is 0 Å². The van der Waals surface area contributed by atoms with Gasteiger partial charge in [0.1, 0.15) is 0 Å². The molecule has 0 saturated carbocycles. The van der Waals surface area contributed by atoms with E-state index in [9.17, 15) is 4.79 Å². The molecule has 0 aromatic carbocycles. The van der Waals surface area contributed by atoms with Crippen molar-refractivity contribution in [3.8, 4) is 0 Å². The first-order valence-electron chi connectivity index (χ1n) is 1.48. The molecule has 0 bridgehead atoms. The monoisotopic (exact) mass is 162 g/mol. The average Bonchev–Trinajstić information content (AvgIpc) is 1.35. The summed E-state index contributed by atoms with van der Waals surface area (Å²) in [6.07, 6.45) is 1.70. The molecule has 44 valence electrons. The van der Waals surface area contributed by atoms with Gasteiger partial charge in [0.05, 0.1) is 12.0 Å². The summed E-state index contributed by atoms with van der Waals surface area (Å²) >= 11 is 1.06. The average molecular weight is 162 g/mol. The van der Waals surface area contributed by atoms with Crippen LogP contribution in [0.5, 0.6) is 0 Å². The molecular weight excluding hydrogens is 155 g/mol. The summed E-state index contributed by atoms with van der Waals surface area (Å²) in [6.45, 7) is 1.37. The number of carbonyl (C=O) groups excluding carboxylic acids is 1. The Hall–Kier alpha value is 1.42. The van der Waals surface area contributed by atoms with Crippen LogP contribution in [-0.2, 0) is 8.98 Å². The minimum Gasteiger partial charge on any atom is -0.870 e. The maximum Gasteiger partial charge on any atom is 1.00 e. The summed E-state index contributed by atoms with van der Waals surface area (Å²) < 4.78 is 4.32. The van der Waals surface area contributed by atoms with E-state index in [1.165, 1.54) is 6.92 Å². The van der Waals surface area contributed by atoms with Gasteiger partial charge in [-0.2, -0.15) is 0 Å². The largest absolute Gasteiger partial charge is 1.00 e. The predicted molar refractivity (Wildman–Crippen MR) is 27.2 cm³/mol. The van der Waals surface area contributed by atoms with E-state index in [4.69, 9.17) is 0 Å². The zero-order valence-corrected chi connectivity index (χ0v) is 9.11. The smallest absolute Gasteiger partial charge is 0.870 e. The van der Waals surface area contributed by atoms with Gasteiger partial charge in [-0.3, -0.25) is 4.79 Å². The molecule has 0 heterocycles. The van der Waals surface area contributed by atoms with E-state index in [2.05, 4.69) is 4.18 Å². The molecule has 0 rings (SSSR count). The number of hydrogen-bond donors (Lipinski definition) is 0. The maximum atomic E-state index is 9.80. The van der Waals surface area contributed by atoms with Crippen LogP contribution in [-0.4, -0.2) is 17.7 Å². The van der Waals surface area contributed by atoms with E-state index in [-0.39, 0.29) is 62.8 Å². The number of rotatable bonds is 1.